The molecular weight excluding hydrogens is 353 g/mol. The van der Waals surface area contributed by atoms with Crippen LogP contribution < -0.4 is 11.5 Å². The average Bonchev–Trinajstić information content (AvgIpc) is 2.91. The van der Waals surface area contributed by atoms with E-state index in [2.05, 4.69) is 16.1 Å². The van der Waals surface area contributed by atoms with Gasteiger partial charge in [-0.25, -0.2) is 4.99 Å². The Morgan fingerprint density at radius 2 is 2.07 bits per heavy atom. The van der Waals surface area contributed by atoms with E-state index < -0.39 is 11.7 Å². The fourth-order valence-corrected chi connectivity index (χ4v) is 3.69. The molecule has 1 aromatic carbocycles. The summed E-state index contributed by atoms with van der Waals surface area (Å²) in [6, 6.07) is 5.54. The molecule has 0 amide bonds. The normalized spacial score (nSPS) is 20.4. The third-order valence-electron chi connectivity index (χ3n) is 5.21. The number of nitrogens with two attached hydrogens (primary N) is 2. The predicted octanol–water partition coefficient (Wildman–Crippen LogP) is 4.24. The number of hydrogen-bond acceptors (Lipinski definition) is 2. The van der Waals surface area contributed by atoms with Crippen LogP contribution in [-0.2, 0) is 6.18 Å². The van der Waals surface area contributed by atoms with E-state index in [9.17, 15) is 13.2 Å². The van der Waals surface area contributed by atoms with Gasteiger partial charge in [0.1, 0.15) is 5.84 Å². The zero-order valence-electron chi connectivity index (χ0n) is 15.1. The molecule has 3 rings (SSSR count). The van der Waals surface area contributed by atoms with Crippen molar-refractivity contribution in [2.24, 2.45) is 22.4 Å². The summed E-state index contributed by atoms with van der Waals surface area (Å²) < 4.78 is 41.5. The largest absolute Gasteiger partial charge is 0.416 e. The molecule has 0 atom stereocenters. The molecule has 7 heteroatoms. The Morgan fingerprint density at radius 3 is 2.67 bits per heavy atom. The van der Waals surface area contributed by atoms with E-state index in [0.29, 0.717) is 29.2 Å². The quantitative estimate of drug-likeness (QED) is 0.605. The molecule has 2 aromatic rings. The lowest BCUT2D eigenvalue weighted by Crippen LogP contribution is -2.32. The number of rotatable bonds is 5. The summed E-state index contributed by atoms with van der Waals surface area (Å²) in [5, 5.41) is 0. The molecule has 27 heavy (non-hydrogen) atoms. The van der Waals surface area contributed by atoms with Gasteiger partial charge in [-0.15, -0.1) is 0 Å². The van der Waals surface area contributed by atoms with Crippen LogP contribution in [0.25, 0.3) is 11.1 Å². The van der Waals surface area contributed by atoms with Crippen molar-refractivity contribution >= 4 is 5.84 Å². The average molecular weight is 376 g/mol. The third kappa shape index (κ3) is 3.64. The predicted molar refractivity (Wildman–Crippen MR) is 101 cm³/mol. The van der Waals surface area contributed by atoms with Crippen LogP contribution in [0, 0.1) is 12.8 Å². The molecule has 0 unspecified atom stereocenters. The summed E-state index contributed by atoms with van der Waals surface area (Å²) in [5.74, 6) is 0.722. The zero-order chi connectivity index (χ0) is 19.8. The van der Waals surface area contributed by atoms with Crippen LogP contribution in [-0.4, -0.2) is 16.9 Å². The molecule has 1 aliphatic rings. The number of aliphatic imine (C=N–C) groups is 1. The van der Waals surface area contributed by atoms with Crippen molar-refractivity contribution in [3.8, 4) is 11.1 Å². The van der Waals surface area contributed by atoms with Gasteiger partial charge in [-0.3, -0.25) is 0 Å². The van der Waals surface area contributed by atoms with Gasteiger partial charge in [0.2, 0.25) is 0 Å². The van der Waals surface area contributed by atoms with Gasteiger partial charge in [0.05, 0.1) is 5.56 Å². The van der Waals surface area contributed by atoms with Gasteiger partial charge >= 0.3 is 6.18 Å². The summed E-state index contributed by atoms with van der Waals surface area (Å²) in [6.07, 6.45) is 0.702. The number of hydrogen-bond donors (Lipinski definition) is 2. The van der Waals surface area contributed by atoms with Crippen LogP contribution in [0.15, 0.2) is 48.2 Å². The van der Waals surface area contributed by atoms with Crippen molar-refractivity contribution in [2.45, 2.75) is 32.0 Å². The van der Waals surface area contributed by atoms with Crippen molar-refractivity contribution < 1.29 is 13.2 Å². The molecule has 4 N–H and O–H groups in total. The van der Waals surface area contributed by atoms with Crippen molar-refractivity contribution in [3.63, 3.8) is 0 Å². The summed E-state index contributed by atoms with van der Waals surface area (Å²) in [4.78, 5) is 4.06. The van der Waals surface area contributed by atoms with Gasteiger partial charge in [0.15, 0.2) is 0 Å². The van der Waals surface area contributed by atoms with E-state index in [1.54, 1.807) is 6.07 Å². The number of halogens is 3. The lowest BCUT2D eigenvalue weighted by atomic mass is 9.80. The first-order valence-electron chi connectivity index (χ1n) is 8.80. The van der Waals surface area contributed by atoms with E-state index in [1.165, 1.54) is 12.3 Å². The Morgan fingerprint density at radius 1 is 1.37 bits per heavy atom. The van der Waals surface area contributed by atoms with Crippen LogP contribution in [0.2, 0.25) is 0 Å². The molecule has 0 saturated heterocycles. The van der Waals surface area contributed by atoms with Crippen LogP contribution in [0.4, 0.5) is 13.2 Å². The number of alkyl halides is 3. The van der Waals surface area contributed by atoms with Crippen LogP contribution in [0.3, 0.4) is 0 Å². The van der Waals surface area contributed by atoms with Crippen molar-refractivity contribution in [3.05, 3.63) is 60.1 Å². The summed E-state index contributed by atoms with van der Waals surface area (Å²) in [7, 11) is 0. The molecule has 1 heterocycles. The van der Waals surface area contributed by atoms with Crippen molar-refractivity contribution in [1.82, 2.24) is 4.57 Å². The first-order chi connectivity index (χ1) is 12.8. The molecule has 0 spiro atoms. The first kappa shape index (κ1) is 19.2. The smallest absolute Gasteiger partial charge is 0.383 e. The minimum absolute atomic E-state index is 0.239. The van der Waals surface area contributed by atoms with Gasteiger partial charge < -0.3 is 16.0 Å². The van der Waals surface area contributed by atoms with E-state index in [0.717, 1.165) is 30.7 Å². The Labute approximate surface area is 156 Å². The van der Waals surface area contributed by atoms with E-state index in [1.807, 2.05) is 13.1 Å². The molecule has 4 nitrogen and oxygen atoms in total. The lowest BCUT2D eigenvalue weighted by Gasteiger charge is -2.36. The Balaban J connectivity index is 2.11. The number of benzene rings is 1. The second kappa shape index (κ2) is 7.23. The number of nitrogens with zero attached hydrogens (tertiary/aromatic N) is 2. The third-order valence-corrected chi connectivity index (χ3v) is 5.21. The molecule has 1 saturated carbocycles. The van der Waals surface area contributed by atoms with E-state index in [4.69, 9.17) is 11.5 Å². The Bertz CT molecular complexity index is 874. The Hall–Kier alpha value is -2.54. The monoisotopic (exact) mass is 376 g/mol. The fourth-order valence-electron chi connectivity index (χ4n) is 3.69. The number of aromatic nitrogens is 1. The maximum atomic E-state index is 13.1. The maximum Gasteiger partial charge on any atom is 0.416 e. The molecule has 0 aliphatic heterocycles. The molecule has 1 aliphatic carbocycles. The second-order valence-electron chi connectivity index (χ2n) is 6.91. The number of amidine groups is 1. The van der Waals surface area contributed by atoms with E-state index >= 15 is 0 Å². The van der Waals surface area contributed by atoms with Crippen molar-refractivity contribution in [2.75, 3.05) is 6.54 Å². The van der Waals surface area contributed by atoms with Gasteiger partial charge in [-0.05, 0) is 49.9 Å². The summed E-state index contributed by atoms with van der Waals surface area (Å²) >= 11 is 0. The molecule has 1 aromatic heterocycles. The molecule has 0 bridgehead atoms. The van der Waals surface area contributed by atoms with Gasteiger partial charge in [-0.1, -0.05) is 18.7 Å². The highest BCUT2D eigenvalue weighted by atomic mass is 19.4. The molecular formula is C20H23F3N4. The maximum absolute atomic E-state index is 13.1. The van der Waals surface area contributed by atoms with Crippen molar-refractivity contribution in [1.29, 1.82) is 0 Å². The Kier molecular flexibility index (Phi) is 5.15. The zero-order valence-corrected chi connectivity index (χ0v) is 15.1. The van der Waals surface area contributed by atoms with Gasteiger partial charge in [0, 0.05) is 35.3 Å². The van der Waals surface area contributed by atoms with Gasteiger partial charge in [-0.2, -0.15) is 13.2 Å². The first-order valence-corrected chi connectivity index (χ1v) is 8.80. The topological polar surface area (TPSA) is 69.3 Å². The fraction of sp³-hybridized carbons (Fsp3) is 0.350. The molecule has 1 fully saturated rings. The molecule has 0 radical (unpaired) electrons. The minimum Gasteiger partial charge on any atom is -0.383 e. The highest BCUT2D eigenvalue weighted by Crippen LogP contribution is 2.41. The van der Waals surface area contributed by atoms with Gasteiger partial charge in [0.25, 0.3) is 0 Å². The second-order valence-corrected chi connectivity index (χ2v) is 6.91. The standard InChI is InChI=1S/C20H23F3N4/c1-3-26-19(25)18-12(2)27(16-7-13(8-16)10-24)11-17(18)14-5-4-6-15(9-14)20(21,22)23/h3-6,9,11,13,16H,1,7-8,10,24H2,2H3,(H2,25,26). The summed E-state index contributed by atoms with van der Waals surface area (Å²) in [6.45, 7) is 6.11. The minimum atomic E-state index is -4.41. The van der Waals surface area contributed by atoms with Crippen LogP contribution >= 0.6 is 0 Å². The van der Waals surface area contributed by atoms with E-state index in [-0.39, 0.29) is 11.9 Å². The summed E-state index contributed by atoms with van der Waals surface area (Å²) in [5.41, 5.74) is 13.8. The highest BCUT2D eigenvalue weighted by Gasteiger charge is 2.33. The SMILES string of the molecule is C=CN=C(N)c1c(-c2cccc(C(F)(F)F)c2)cn(C2CC(CN)C2)c1C. The highest BCUT2D eigenvalue weighted by molar-refractivity contribution is 6.05. The van der Waals surface area contributed by atoms with Crippen LogP contribution in [0.1, 0.15) is 35.7 Å². The lowest BCUT2D eigenvalue weighted by molar-refractivity contribution is -0.137. The molecule has 144 valence electrons. The van der Waals surface area contributed by atoms with Crippen LogP contribution in [0.5, 0.6) is 0 Å².